The highest BCUT2D eigenvalue weighted by Crippen LogP contribution is 2.37. The Hall–Kier alpha value is -1.28. The Morgan fingerprint density at radius 1 is 1.09 bits per heavy atom. The fraction of sp³-hybridized carbons (Fsp3) is 0.600. The molecule has 2 aliphatic rings. The average Bonchev–Trinajstić information content (AvgIpc) is 3.13. The summed E-state index contributed by atoms with van der Waals surface area (Å²) in [5.41, 5.74) is 4.72. The van der Waals surface area contributed by atoms with E-state index < -0.39 is 0 Å². The van der Waals surface area contributed by atoms with Crippen LogP contribution in [-0.2, 0) is 19.4 Å². The predicted molar refractivity (Wildman–Crippen MR) is 93.3 cm³/mol. The lowest BCUT2D eigenvalue weighted by molar-refractivity contribution is 0.215. The first-order chi connectivity index (χ1) is 10.8. The summed E-state index contributed by atoms with van der Waals surface area (Å²) in [6.45, 7) is 9.82. The lowest BCUT2D eigenvalue weighted by Crippen LogP contribution is -2.35. The van der Waals surface area contributed by atoms with E-state index in [0.717, 1.165) is 18.4 Å². The number of benzene rings is 1. The molecule has 118 valence electrons. The molecular formula is C20H28N2. The smallest absolute Gasteiger partial charge is 0.0485 e. The quantitative estimate of drug-likeness (QED) is 0.827. The second-order valence-corrected chi connectivity index (χ2v) is 7.34. The van der Waals surface area contributed by atoms with Crippen LogP contribution in [0.1, 0.15) is 37.9 Å². The molecule has 1 fully saturated rings. The highest BCUT2D eigenvalue weighted by atomic mass is 15.1. The number of hydrogen-bond acceptors (Lipinski definition) is 1. The third kappa shape index (κ3) is 2.28. The van der Waals surface area contributed by atoms with Gasteiger partial charge >= 0.3 is 0 Å². The zero-order chi connectivity index (χ0) is 15.1. The second kappa shape index (κ2) is 5.73. The summed E-state index contributed by atoms with van der Waals surface area (Å²) < 4.78 is 2.56. The van der Waals surface area contributed by atoms with Crippen molar-refractivity contribution in [3.8, 4) is 0 Å². The molecule has 2 aromatic rings. The molecule has 4 rings (SSSR count). The number of para-hydroxylation sites is 1. The first-order valence-corrected chi connectivity index (χ1v) is 9.09. The van der Waals surface area contributed by atoms with Crippen LogP contribution in [0, 0.1) is 11.8 Å². The molecule has 1 aliphatic heterocycles. The summed E-state index contributed by atoms with van der Waals surface area (Å²) in [6, 6.07) is 9.03. The lowest BCUT2D eigenvalue weighted by Gasteiger charge is -2.33. The molecule has 0 N–H and O–H groups in total. The molecule has 22 heavy (non-hydrogen) atoms. The van der Waals surface area contributed by atoms with E-state index in [4.69, 9.17) is 0 Å². The van der Waals surface area contributed by atoms with Crippen LogP contribution in [0.15, 0.2) is 24.3 Å². The van der Waals surface area contributed by atoms with Gasteiger partial charge in [0, 0.05) is 29.7 Å². The van der Waals surface area contributed by atoms with Gasteiger partial charge in [0.25, 0.3) is 0 Å². The Kier molecular flexibility index (Phi) is 3.73. The monoisotopic (exact) mass is 296 g/mol. The summed E-state index contributed by atoms with van der Waals surface area (Å²) >= 11 is 0. The van der Waals surface area contributed by atoms with Crippen molar-refractivity contribution in [2.24, 2.45) is 11.8 Å². The Bertz CT molecular complexity index is 664. The van der Waals surface area contributed by atoms with Crippen LogP contribution >= 0.6 is 0 Å². The van der Waals surface area contributed by atoms with Crippen LogP contribution in [0.2, 0.25) is 0 Å². The second-order valence-electron chi connectivity index (χ2n) is 7.34. The maximum atomic E-state index is 2.70. The van der Waals surface area contributed by atoms with Gasteiger partial charge in [0.2, 0.25) is 0 Å². The third-order valence-corrected chi connectivity index (χ3v) is 5.99. The maximum absolute atomic E-state index is 2.70. The maximum Gasteiger partial charge on any atom is 0.0485 e. The van der Waals surface area contributed by atoms with E-state index in [-0.39, 0.29) is 0 Å². The van der Waals surface area contributed by atoms with Gasteiger partial charge in [-0.2, -0.15) is 0 Å². The van der Waals surface area contributed by atoms with Gasteiger partial charge in [0.05, 0.1) is 0 Å². The molecule has 0 bridgehead atoms. The SMILES string of the molecule is CCn1c2c(c3ccccc31)CC(CN1CCCC1)C(C)C2. The molecule has 2 unspecified atom stereocenters. The Morgan fingerprint density at radius 3 is 2.64 bits per heavy atom. The zero-order valence-corrected chi connectivity index (χ0v) is 14.0. The van der Waals surface area contributed by atoms with E-state index in [0.29, 0.717) is 0 Å². The van der Waals surface area contributed by atoms with E-state index in [2.05, 4.69) is 47.6 Å². The van der Waals surface area contributed by atoms with Gasteiger partial charge in [-0.05, 0) is 69.2 Å². The van der Waals surface area contributed by atoms with E-state index in [1.165, 1.54) is 56.2 Å². The average molecular weight is 296 g/mol. The lowest BCUT2D eigenvalue weighted by atomic mass is 9.78. The predicted octanol–water partition coefficient (Wildman–Crippen LogP) is 4.11. The summed E-state index contributed by atoms with van der Waals surface area (Å²) in [4.78, 5) is 2.70. The van der Waals surface area contributed by atoms with Crippen molar-refractivity contribution in [3.63, 3.8) is 0 Å². The van der Waals surface area contributed by atoms with Crippen LogP contribution in [-0.4, -0.2) is 29.1 Å². The van der Waals surface area contributed by atoms with Crippen molar-refractivity contribution in [3.05, 3.63) is 35.5 Å². The van der Waals surface area contributed by atoms with Crippen LogP contribution in [0.3, 0.4) is 0 Å². The molecule has 1 aromatic carbocycles. The highest BCUT2D eigenvalue weighted by molar-refractivity contribution is 5.86. The molecule has 2 heteroatoms. The van der Waals surface area contributed by atoms with Crippen molar-refractivity contribution in [2.45, 2.75) is 46.1 Å². The van der Waals surface area contributed by atoms with E-state index >= 15 is 0 Å². The third-order valence-electron chi connectivity index (χ3n) is 5.99. The normalized spacial score (nSPS) is 25.7. The Balaban J connectivity index is 1.69. The molecule has 1 aliphatic carbocycles. The molecule has 0 radical (unpaired) electrons. The van der Waals surface area contributed by atoms with E-state index in [1.54, 1.807) is 11.3 Å². The standard InChI is InChI=1S/C20H28N2/c1-3-22-19-9-5-4-8-17(19)18-13-16(15(2)12-20(18)22)14-21-10-6-7-11-21/h4-5,8-9,15-16H,3,6-7,10-14H2,1-2H3. The van der Waals surface area contributed by atoms with Gasteiger partial charge < -0.3 is 9.47 Å². The summed E-state index contributed by atoms with van der Waals surface area (Å²) in [5.74, 6) is 1.64. The minimum atomic E-state index is 0.808. The van der Waals surface area contributed by atoms with Gasteiger partial charge in [-0.15, -0.1) is 0 Å². The topological polar surface area (TPSA) is 8.17 Å². The largest absolute Gasteiger partial charge is 0.345 e. The molecule has 2 atom stereocenters. The van der Waals surface area contributed by atoms with Crippen LogP contribution in [0.25, 0.3) is 10.9 Å². The molecule has 2 heterocycles. The number of likely N-dealkylation sites (tertiary alicyclic amines) is 1. The molecule has 1 aromatic heterocycles. The number of fused-ring (bicyclic) bond motifs is 3. The first kappa shape index (κ1) is 14.3. The first-order valence-electron chi connectivity index (χ1n) is 9.09. The molecule has 0 amide bonds. The van der Waals surface area contributed by atoms with Crippen LogP contribution < -0.4 is 0 Å². The van der Waals surface area contributed by atoms with E-state index in [1.807, 2.05) is 0 Å². The number of aryl methyl sites for hydroxylation is 1. The molecule has 0 spiro atoms. The Morgan fingerprint density at radius 2 is 1.86 bits per heavy atom. The minimum Gasteiger partial charge on any atom is -0.345 e. The van der Waals surface area contributed by atoms with Crippen molar-refractivity contribution < 1.29 is 0 Å². The van der Waals surface area contributed by atoms with Crippen molar-refractivity contribution >= 4 is 10.9 Å². The van der Waals surface area contributed by atoms with Gasteiger partial charge in [-0.1, -0.05) is 25.1 Å². The summed E-state index contributed by atoms with van der Waals surface area (Å²) in [7, 11) is 0. The van der Waals surface area contributed by atoms with Gasteiger partial charge in [-0.3, -0.25) is 0 Å². The minimum absolute atomic E-state index is 0.808. The van der Waals surface area contributed by atoms with Crippen molar-refractivity contribution in [2.75, 3.05) is 19.6 Å². The van der Waals surface area contributed by atoms with Gasteiger partial charge in [-0.25, -0.2) is 0 Å². The molecule has 0 saturated carbocycles. The molecule has 2 nitrogen and oxygen atoms in total. The van der Waals surface area contributed by atoms with Gasteiger partial charge in [0.1, 0.15) is 0 Å². The van der Waals surface area contributed by atoms with Crippen LogP contribution in [0.4, 0.5) is 0 Å². The summed E-state index contributed by atoms with van der Waals surface area (Å²) in [6.07, 6.45) is 5.35. The fourth-order valence-electron chi connectivity index (χ4n) is 4.73. The number of aromatic nitrogens is 1. The number of nitrogens with zero attached hydrogens (tertiary/aromatic N) is 2. The fourth-order valence-corrected chi connectivity index (χ4v) is 4.73. The molecule has 1 saturated heterocycles. The van der Waals surface area contributed by atoms with Crippen molar-refractivity contribution in [1.82, 2.24) is 9.47 Å². The Labute approximate surface area is 134 Å². The highest BCUT2D eigenvalue weighted by Gasteiger charge is 2.31. The van der Waals surface area contributed by atoms with E-state index in [9.17, 15) is 0 Å². The van der Waals surface area contributed by atoms with Gasteiger partial charge in [0.15, 0.2) is 0 Å². The molecular weight excluding hydrogens is 268 g/mol. The summed E-state index contributed by atoms with van der Waals surface area (Å²) in [5, 5.41) is 1.51. The zero-order valence-electron chi connectivity index (χ0n) is 14.0. The number of rotatable bonds is 3. The van der Waals surface area contributed by atoms with Crippen molar-refractivity contribution in [1.29, 1.82) is 0 Å². The number of hydrogen-bond donors (Lipinski definition) is 0. The van der Waals surface area contributed by atoms with Crippen LogP contribution in [0.5, 0.6) is 0 Å².